The third-order valence-corrected chi connectivity index (χ3v) is 3.62. The van der Waals surface area contributed by atoms with Crippen LogP contribution < -0.4 is 5.32 Å². The van der Waals surface area contributed by atoms with Crippen LogP contribution in [0.15, 0.2) is 41.1 Å². The van der Waals surface area contributed by atoms with Crippen molar-refractivity contribution in [2.45, 2.75) is 13.8 Å². The van der Waals surface area contributed by atoms with E-state index >= 15 is 0 Å². The summed E-state index contributed by atoms with van der Waals surface area (Å²) in [5.41, 5.74) is 3.37. The molecule has 1 aromatic carbocycles. The molecule has 0 spiro atoms. The van der Waals surface area contributed by atoms with E-state index in [9.17, 15) is 4.79 Å². The molecule has 4 heteroatoms. The average Bonchev–Trinajstić information content (AvgIpc) is 2.32. The highest BCUT2D eigenvalue weighted by Gasteiger charge is 2.11. The van der Waals surface area contributed by atoms with E-state index in [0.717, 1.165) is 15.6 Å². The number of hydrogen-bond donors (Lipinski definition) is 1. The van der Waals surface area contributed by atoms with E-state index in [1.807, 2.05) is 32.0 Å². The zero-order valence-corrected chi connectivity index (χ0v) is 11.8. The van der Waals surface area contributed by atoms with Gasteiger partial charge in [-0.2, -0.15) is 0 Å². The number of benzene rings is 1. The van der Waals surface area contributed by atoms with Gasteiger partial charge in [0.05, 0.1) is 17.4 Å². The van der Waals surface area contributed by atoms with Crippen LogP contribution in [-0.2, 0) is 0 Å². The Kier molecular flexibility index (Phi) is 3.77. The van der Waals surface area contributed by atoms with Crippen molar-refractivity contribution >= 4 is 27.5 Å². The van der Waals surface area contributed by atoms with Gasteiger partial charge in [0.2, 0.25) is 0 Å². The molecule has 92 valence electrons. The summed E-state index contributed by atoms with van der Waals surface area (Å²) in [6.45, 7) is 3.89. The van der Waals surface area contributed by atoms with Crippen LogP contribution in [0.5, 0.6) is 0 Å². The number of carbonyl (C=O) groups excluding carboxylic acids is 1. The maximum atomic E-state index is 12.1. The molecule has 2 aromatic rings. The first kappa shape index (κ1) is 12.8. The SMILES string of the molecule is Cc1cncc(NC(=O)c2cccc(C)c2Br)c1. The van der Waals surface area contributed by atoms with Gasteiger partial charge in [-0.1, -0.05) is 12.1 Å². The second kappa shape index (κ2) is 5.31. The van der Waals surface area contributed by atoms with Crippen molar-refractivity contribution in [2.24, 2.45) is 0 Å². The fraction of sp³-hybridized carbons (Fsp3) is 0.143. The molecule has 18 heavy (non-hydrogen) atoms. The maximum absolute atomic E-state index is 12.1. The molecule has 0 atom stereocenters. The zero-order chi connectivity index (χ0) is 13.1. The standard InChI is InChI=1S/C14H13BrN2O/c1-9-6-11(8-16-7-9)17-14(18)12-5-3-4-10(2)13(12)15/h3-8H,1-2H3,(H,17,18). The van der Waals surface area contributed by atoms with E-state index in [1.54, 1.807) is 18.5 Å². The molecular formula is C14H13BrN2O. The van der Waals surface area contributed by atoms with Gasteiger partial charge in [-0.25, -0.2) is 0 Å². The molecule has 0 saturated heterocycles. The molecule has 0 aliphatic rings. The molecule has 1 amide bonds. The van der Waals surface area contributed by atoms with Gasteiger partial charge < -0.3 is 5.32 Å². The summed E-state index contributed by atoms with van der Waals surface area (Å²) in [6, 6.07) is 7.49. The monoisotopic (exact) mass is 304 g/mol. The van der Waals surface area contributed by atoms with Crippen LogP contribution in [0.4, 0.5) is 5.69 Å². The van der Waals surface area contributed by atoms with Gasteiger partial charge in [-0.15, -0.1) is 0 Å². The summed E-state index contributed by atoms with van der Waals surface area (Å²) in [7, 11) is 0. The molecule has 1 aromatic heterocycles. The lowest BCUT2D eigenvalue weighted by molar-refractivity contribution is 0.102. The Hall–Kier alpha value is -1.68. The molecule has 2 rings (SSSR count). The minimum Gasteiger partial charge on any atom is -0.321 e. The fourth-order valence-corrected chi connectivity index (χ4v) is 2.09. The minimum atomic E-state index is -0.141. The van der Waals surface area contributed by atoms with Gasteiger partial charge in [-0.3, -0.25) is 9.78 Å². The lowest BCUT2D eigenvalue weighted by atomic mass is 10.1. The second-order valence-corrected chi connectivity index (χ2v) is 4.93. The third-order valence-electron chi connectivity index (χ3n) is 2.57. The van der Waals surface area contributed by atoms with Crippen LogP contribution >= 0.6 is 15.9 Å². The van der Waals surface area contributed by atoms with Crippen molar-refractivity contribution in [3.05, 3.63) is 57.8 Å². The van der Waals surface area contributed by atoms with Gasteiger partial charge in [0.25, 0.3) is 5.91 Å². The van der Waals surface area contributed by atoms with Crippen LogP contribution in [0.2, 0.25) is 0 Å². The molecule has 0 radical (unpaired) electrons. The molecule has 0 saturated carbocycles. The van der Waals surface area contributed by atoms with Gasteiger partial charge in [0, 0.05) is 10.7 Å². The number of nitrogens with one attached hydrogen (secondary N) is 1. The Balaban J connectivity index is 2.25. The van der Waals surface area contributed by atoms with Gasteiger partial charge >= 0.3 is 0 Å². The van der Waals surface area contributed by atoms with E-state index in [4.69, 9.17) is 0 Å². The number of amides is 1. The highest BCUT2D eigenvalue weighted by atomic mass is 79.9. The van der Waals surface area contributed by atoms with Crippen molar-refractivity contribution < 1.29 is 4.79 Å². The van der Waals surface area contributed by atoms with E-state index in [-0.39, 0.29) is 5.91 Å². The Bertz CT molecular complexity index is 596. The highest BCUT2D eigenvalue weighted by molar-refractivity contribution is 9.10. The summed E-state index contributed by atoms with van der Waals surface area (Å²) in [5.74, 6) is -0.141. The third kappa shape index (κ3) is 2.76. The van der Waals surface area contributed by atoms with Crippen molar-refractivity contribution in [1.82, 2.24) is 4.98 Å². The first-order valence-electron chi connectivity index (χ1n) is 5.56. The van der Waals surface area contributed by atoms with Crippen molar-refractivity contribution in [3.8, 4) is 0 Å². The smallest absolute Gasteiger partial charge is 0.256 e. The van der Waals surface area contributed by atoms with Gasteiger partial charge in [0.15, 0.2) is 0 Å². The number of pyridine rings is 1. The average molecular weight is 305 g/mol. The maximum Gasteiger partial charge on any atom is 0.256 e. The van der Waals surface area contributed by atoms with Gasteiger partial charge in [-0.05, 0) is 53.0 Å². The summed E-state index contributed by atoms with van der Waals surface area (Å²) < 4.78 is 0.822. The number of nitrogens with zero attached hydrogens (tertiary/aromatic N) is 1. The number of rotatable bonds is 2. The summed E-state index contributed by atoms with van der Waals surface area (Å²) >= 11 is 3.43. The molecular weight excluding hydrogens is 292 g/mol. The van der Waals surface area contributed by atoms with Crippen LogP contribution in [-0.4, -0.2) is 10.9 Å². The lowest BCUT2D eigenvalue weighted by Gasteiger charge is -2.08. The fourth-order valence-electron chi connectivity index (χ4n) is 1.64. The number of aryl methyl sites for hydroxylation is 2. The quantitative estimate of drug-likeness (QED) is 0.919. The van der Waals surface area contributed by atoms with E-state index in [2.05, 4.69) is 26.2 Å². The Morgan fingerprint density at radius 2 is 2.06 bits per heavy atom. The summed E-state index contributed by atoms with van der Waals surface area (Å²) in [5, 5.41) is 2.84. The Morgan fingerprint density at radius 3 is 2.78 bits per heavy atom. The normalized spacial score (nSPS) is 10.2. The number of hydrogen-bond acceptors (Lipinski definition) is 2. The van der Waals surface area contributed by atoms with E-state index in [1.165, 1.54) is 0 Å². The van der Waals surface area contributed by atoms with Crippen molar-refractivity contribution in [3.63, 3.8) is 0 Å². The second-order valence-electron chi connectivity index (χ2n) is 4.14. The molecule has 0 unspecified atom stereocenters. The van der Waals surface area contributed by atoms with Crippen molar-refractivity contribution in [1.29, 1.82) is 0 Å². The first-order valence-corrected chi connectivity index (χ1v) is 6.35. The Labute approximate surface area is 114 Å². The first-order chi connectivity index (χ1) is 8.58. The van der Waals surface area contributed by atoms with Gasteiger partial charge in [0.1, 0.15) is 0 Å². The molecule has 0 fully saturated rings. The number of halogens is 1. The van der Waals surface area contributed by atoms with Crippen molar-refractivity contribution in [2.75, 3.05) is 5.32 Å². The number of anilines is 1. The van der Waals surface area contributed by atoms with Crippen LogP contribution in [0.25, 0.3) is 0 Å². The van der Waals surface area contributed by atoms with Crippen LogP contribution in [0.3, 0.4) is 0 Å². The Morgan fingerprint density at radius 1 is 1.28 bits per heavy atom. The minimum absolute atomic E-state index is 0.141. The lowest BCUT2D eigenvalue weighted by Crippen LogP contribution is -2.13. The number of aromatic nitrogens is 1. The summed E-state index contributed by atoms with van der Waals surface area (Å²) in [4.78, 5) is 16.2. The molecule has 0 aliphatic heterocycles. The summed E-state index contributed by atoms with van der Waals surface area (Å²) in [6.07, 6.45) is 3.38. The van der Waals surface area contributed by atoms with Crippen LogP contribution in [0.1, 0.15) is 21.5 Å². The predicted octanol–water partition coefficient (Wildman–Crippen LogP) is 3.71. The zero-order valence-electron chi connectivity index (χ0n) is 10.2. The molecule has 0 bridgehead atoms. The number of carbonyl (C=O) groups is 1. The molecule has 1 N–H and O–H groups in total. The largest absolute Gasteiger partial charge is 0.321 e. The molecule has 0 aliphatic carbocycles. The molecule has 1 heterocycles. The topological polar surface area (TPSA) is 42.0 Å². The molecule has 3 nitrogen and oxygen atoms in total. The highest BCUT2D eigenvalue weighted by Crippen LogP contribution is 2.22. The predicted molar refractivity (Wildman–Crippen MR) is 75.8 cm³/mol. The van der Waals surface area contributed by atoms with Crippen LogP contribution in [0, 0.1) is 13.8 Å². The van der Waals surface area contributed by atoms with E-state index in [0.29, 0.717) is 11.3 Å². The van der Waals surface area contributed by atoms with E-state index < -0.39 is 0 Å².